The number of aromatic nitrogens is 2. The van der Waals surface area contributed by atoms with Crippen molar-refractivity contribution in [3.8, 4) is 0 Å². The third-order valence-electron chi connectivity index (χ3n) is 4.44. The van der Waals surface area contributed by atoms with Crippen LogP contribution >= 0.6 is 11.8 Å². The standard InChI is InChI=1S/C16H27N3OS/c1-5-21-15-8-6-7-14(15)17-16(20)10-9-13-11(2)18-19(4)12(13)3/h14-15H,5-10H2,1-4H3,(H,17,20)/t14-,15+/m1/s1. The molecule has 0 saturated heterocycles. The summed E-state index contributed by atoms with van der Waals surface area (Å²) in [4.78, 5) is 12.2. The molecule has 4 nitrogen and oxygen atoms in total. The zero-order chi connectivity index (χ0) is 15.4. The van der Waals surface area contributed by atoms with Crippen molar-refractivity contribution in [3.05, 3.63) is 17.0 Å². The summed E-state index contributed by atoms with van der Waals surface area (Å²) in [6.07, 6.45) is 4.96. The van der Waals surface area contributed by atoms with Crippen LogP contribution in [-0.4, -0.2) is 32.7 Å². The maximum absolute atomic E-state index is 12.2. The second-order valence-electron chi connectivity index (χ2n) is 5.87. The minimum Gasteiger partial charge on any atom is -0.352 e. The van der Waals surface area contributed by atoms with Gasteiger partial charge in [-0.15, -0.1) is 0 Å². The summed E-state index contributed by atoms with van der Waals surface area (Å²) in [5.74, 6) is 1.32. The van der Waals surface area contributed by atoms with Crippen LogP contribution < -0.4 is 5.32 Å². The van der Waals surface area contributed by atoms with Crippen LogP contribution in [0.2, 0.25) is 0 Å². The molecule has 1 saturated carbocycles. The largest absolute Gasteiger partial charge is 0.352 e. The SMILES string of the molecule is CCS[C@H]1CCC[C@H]1NC(=O)CCc1c(C)nn(C)c1C. The number of hydrogen-bond donors (Lipinski definition) is 1. The Morgan fingerprint density at radius 2 is 2.19 bits per heavy atom. The first-order chi connectivity index (χ1) is 10.0. The number of amides is 1. The number of aryl methyl sites for hydroxylation is 2. The van der Waals surface area contributed by atoms with E-state index in [1.54, 1.807) is 0 Å². The van der Waals surface area contributed by atoms with Crippen LogP contribution in [0, 0.1) is 13.8 Å². The Morgan fingerprint density at radius 1 is 1.43 bits per heavy atom. The molecule has 0 aliphatic heterocycles. The zero-order valence-electron chi connectivity index (χ0n) is 13.6. The molecule has 118 valence electrons. The molecule has 2 atom stereocenters. The predicted octanol–water partition coefficient (Wildman–Crippen LogP) is 2.76. The first kappa shape index (κ1) is 16.4. The molecule has 2 rings (SSSR count). The van der Waals surface area contributed by atoms with Crippen molar-refractivity contribution in [1.82, 2.24) is 15.1 Å². The highest BCUT2D eigenvalue weighted by Crippen LogP contribution is 2.29. The Bertz CT molecular complexity index is 498. The second-order valence-corrected chi connectivity index (χ2v) is 7.39. The van der Waals surface area contributed by atoms with Crippen molar-refractivity contribution in [2.75, 3.05) is 5.75 Å². The average Bonchev–Trinajstić information content (AvgIpc) is 2.95. The van der Waals surface area contributed by atoms with E-state index in [4.69, 9.17) is 0 Å². The van der Waals surface area contributed by atoms with Crippen LogP contribution in [0.15, 0.2) is 0 Å². The molecule has 1 amide bonds. The molecular formula is C16H27N3OS. The van der Waals surface area contributed by atoms with Gasteiger partial charge in [-0.05, 0) is 44.4 Å². The summed E-state index contributed by atoms with van der Waals surface area (Å²) < 4.78 is 1.90. The van der Waals surface area contributed by atoms with Crippen LogP contribution in [0.5, 0.6) is 0 Å². The highest BCUT2D eigenvalue weighted by atomic mass is 32.2. The van der Waals surface area contributed by atoms with Crippen LogP contribution in [0.4, 0.5) is 0 Å². The summed E-state index contributed by atoms with van der Waals surface area (Å²) >= 11 is 1.98. The fourth-order valence-electron chi connectivity index (χ4n) is 3.20. The molecule has 1 heterocycles. The van der Waals surface area contributed by atoms with Crippen molar-refractivity contribution in [1.29, 1.82) is 0 Å². The minimum absolute atomic E-state index is 0.186. The van der Waals surface area contributed by atoms with Gasteiger partial charge in [-0.3, -0.25) is 9.48 Å². The lowest BCUT2D eigenvalue weighted by Gasteiger charge is -2.20. The van der Waals surface area contributed by atoms with Gasteiger partial charge in [-0.1, -0.05) is 13.3 Å². The van der Waals surface area contributed by atoms with E-state index in [9.17, 15) is 4.79 Å². The summed E-state index contributed by atoms with van der Waals surface area (Å²) in [5.41, 5.74) is 3.43. The van der Waals surface area contributed by atoms with Crippen molar-refractivity contribution < 1.29 is 4.79 Å². The quantitative estimate of drug-likeness (QED) is 0.879. The molecule has 1 fully saturated rings. The third kappa shape index (κ3) is 4.02. The van der Waals surface area contributed by atoms with E-state index in [1.807, 2.05) is 30.4 Å². The molecule has 0 unspecified atom stereocenters. The number of thioether (sulfide) groups is 1. The van der Waals surface area contributed by atoms with Crippen molar-refractivity contribution >= 4 is 17.7 Å². The summed E-state index contributed by atoms with van der Waals surface area (Å²) in [7, 11) is 1.96. The van der Waals surface area contributed by atoms with Gasteiger partial charge in [0.05, 0.1) is 5.69 Å². The van der Waals surface area contributed by atoms with E-state index < -0.39 is 0 Å². The normalized spacial score (nSPS) is 21.7. The first-order valence-electron chi connectivity index (χ1n) is 7.93. The van der Waals surface area contributed by atoms with Gasteiger partial charge < -0.3 is 5.32 Å². The molecule has 21 heavy (non-hydrogen) atoms. The summed E-state index contributed by atoms with van der Waals surface area (Å²) in [6, 6.07) is 0.374. The molecule has 1 aliphatic rings. The van der Waals surface area contributed by atoms with Crippen molar-refractivity contribution in [2.45, 2.75) is 64.2 Å². The van der Waals surface area contributed by atoms with Gasteiger partial charge in [0.1, 0.15) is 0 Å². The third-order valence-corrected chi connectivity index (χ3v) is 5.77. The fourth-order valence-corrected chi connectivity index (χ4v) is 4.40. The highest BCUT2D eigenvalue weighted by molar-refractivity contribution is 7.99. The molecular weight excluding hydrogens is 282 g/mol. The topological polar surface area (TPSA) is 46.9 Å². The maximum Gasteiger partial charge on any atom is 0.220 e. The van der Waals surface area contributed by atoms with E-state index in [0.717, 1.165) is 24.3 Å². The van der Waals surface area contributed by atoms with Crippen LogP contribution in [-0.2, 0) is 18.3 Å². The number of rotatable bonds is 6. The molecule has 1 N–H and O–H groups in total. The molecule has 1 aromatic heterocycles. The van der Waals surface area contributed by atoms with E-state index >= 15 is 0 Å². The van der Waals surface area contributed by atoms with E-state index in [-0.39, 0.29) is 5.91 Å². The molecule has 0 radical (unpaired) electrons. The van der Waals surface area contributed by atoms with Gasteiger partial charge in [0, 0.05) is 30.5 Å². The number of nitrogens with zero attached hydrogens (tertiary/aromatic N) is 2. The number of hydrogen-bond acceptors (Lipinski definition) is 3. The van der Waals surface area contributed by atoms with Crippen molar-refractivity contribution in [3.63, 3.8) is 0 Å². The van der Waals surface area contributed by atoms with E-state index in [0.29, 0.717) is 17.7 Å². The van der Waals surface area contributed by atoms with Crippen molar-refractivity contribution in [2.24, 2.45) is 7.05 Å². The molecule has 5 heteroatoms. The smallest absolute Gasteiger partial charge is 0.220 e. The number of carbonyl (C=O) groups is 1. The molecule has 1 aromatic rings. The van der Waals surface area contributed by atoms with Crippen LogP contribution in [0.25, 0.3) is 0 Å². The van der Waals surface area contributed by atoms with Gasteiger partial charge >= 0.3 is 0 Å². The maximum atomic E-state index is 12.2. The Kier molecular flexibility index (Phi) is 5.73. The van der Waals surface area contributed by atoms with Gasteiger partial charge in [0.15, 0.2) is 0 Å². The number of nitrogens with one attached hydrogen (secondary N) is 1. The lowest BCUT2D eigenvalue weighted by molar-refractivity contribution is -0.121. The Hall–Kier alpha value is -0.970. The van der Waals surface area contributed by atoms with Gasteiger partial charge in [0.2, 0.25) is 5.91 Å². The molecule has 0 bridgehead atoms. The summed E-state index contributed by atoms with van der Waals surface area (Å²) in [6.45, 7) is 6.28. The number of carbonyl (C=O) groups excluding carboxylic acids is 1. The molecule has 0 aromatic carbocycles. The molecule has 0 spiro atoms. The Labute approximate surface area is 132 Å². The van der Waals surface area contributed by atoms with Gasteiger partial charge in [-0.25, -0.2) is 0 Å². The van der Waals surface area contributed by atoms with E-state index in [2.05, 4.69) is 24.3 Å². The lowest BCUT2D eigenvalue weighted by Crippen LogP contribution is -2.38. The highest BCUT2D eigenvalue weighted by Gasteiger charge is 2.28. The lowest BCUT2D eigenvalue weighted by atomic mass is 10.1. The average molecular weight is 309 g/mol. The van der Waals surface area contributed by atoms with Gasteiger partial charge in [0.25, 0.3) is 0 Å². The van der Waals surface area contributed by atoms with Crippen LogP contribution in [0.1, 0.15) is 49.6 Å². The van der Waals surface area contributed by atoms with Gasteiger partial charge in [-0.2, -0.15) is 16.9 Å². The first-order valence-corrected chi connectivity index (χ1v) is 8.97. The summed E-state index contributed by atoms with van der Waals surface area (Å²) in [5, 5.41) is 8.26. The Balaban J connectivity index is 1.85. The zero-order valence-corrected chi connectivity index (χ0v) is 14.4. The molecule has 1 aliphatic carbocycles. The monoisotopic (exact) mass is 309 g/mol. The fraction of sp³-hybridized carbons (Fsp3) is 0.750. The van der Waals surface area contributed by atoms with Crippen LogP contribution in [0.3, 0.4) is 0 Å². The van der Waals surface area contributed by atoms with E-state index in [1.165, 1.54) is 24.1 Å². The Morgan fingerprint density at radius 3 is 2.81 bits per heavy atom. The predicted molar refractivity (Wildman–Crippen MR) is 88.7 cm³/mol. The second kappa shape index (κ2) is 7.34. The minimum atomic E-state index is 0.186.